The third kappa shape index (κ3) is 3.44. The largest absolute Gasteiger partial charge is 0.395 e. The molecule has 0 aromatic heterocycles. The van der Waals surface area contributed by atoms with Gasteiger partial charge in [0.1, 0.15) is 5.82 Å². The van der Waals surface area contributed by atoms with E-state index in [9.17, 15) is 9.50 Å². The van der Waals surface area contributed by atoms with Gasteiger partial charge in [-0.1, -0.05) is 42.5 Å². The van der Waals surface area contributed by atoms with E-state index in [1.807, 2.05) is 42.1 Å². The van der Waals surface area contributed by atoms with Crippen molar-refractivity contribution in [2.75, 3.05) is 6.61 Å². The highest BCUT2D eigenvalue weighted by Crippen LogP contribution is 2.52. The molecule has 1 fully saturated rings. The number of hydrogen-bond acceptors (Lipinski definition) is 3. The molecular weight excluding hydrogens is 309 g/mol. The van der Waals surface area contributed by atoms with Gasteiger partial charge in [0.15, 0.2) is 0 Å². The second-order valence-corrected chi connectivity index (χ2v) is 8.22. The van der Waals surface area contributed by atoms with Crippen LogP contribution in [0, 0.1) is 5.82 Å². The average molecular weight is 331 g/mol. The Morgan fingerprint density at radius 3 is 2.35 bits per heavy atom. The Morgan fingerprint density at radius 1 is 1.09 bits per heavy atom. The zero-order valence-corrected chi connectivity index (χ0v) is 14.3. The van der Waals surface area contributed by atoms with E-state index >= 15 is 0 Å². The van der Waals surface area contributed by atoms with Gasteiger partial charge in [-0.3, -0.25) is 4.90 Å². The Hall–Kier alpha value is -1.36. The summed E-state index contributed by atoms with van der Waals surface area (Å²) in [7, 11) is 0. The lowest BCUT2D eigenvalue weighted by Gasteiger charge is -2.31. The number of thioether (sulfide) groups is 1. The summed E-state index contributed by atoms with van der Waals surface area (Å²) < 4.78 is 13.1. The minimum Gasteiger partial charge on any atom is -0.395 e. The van der Waals surface area contributed by atoms with Crippen LogP contribution < -0.4 is 0 Å². The van der Waals surface area contributed by atoms with E-state index < -0.39 is 0 Å². The van der Waals surface area contributed by atoms with Crippen molar-refractivity contribution in [3.63, 3.8) is 0 Å². The zero-order chi connectivity index (χ0) is 16.4. The molecule has 2 nitrogen and oxygen atoms in total. The zero-order valence-electron chi connectivity index (χ0n) is 13.4. The molecule has 0 bridgehead atoms. The fourth-order valence-corrected chi connectivity index (χ4v) is 4.78. The quantitative estimate of drug-likeness (QED) is 0.908. The van der Waals surface area contributed by atoms with E-state index in [0.717, 1.165) is 5.56 Å². The molecule has 1 aliphatic rings. The second-order valence-electron chi connectivity index (χ2n) is 6.48. The summed E-state index contributed by atoms with van der Waals surface area (Å²) in [5.74, 6) is -0.219. The Morgan fingerprint density at radius 2 is 1.74 bits per heavy atom. The summed E-state index contributed by atoms with van der Waals surface area (Å²) in [5, 5.41) is 10.1. The van der Waals surface area contributed by atoms with E-state index in [4.69, 9.17) is 0 Å². The Balaban J connectivity index is 1.92. The Bertz CT molecular complexity index is 644. The van der Waals surface area contributed by atoms with Crippen LogP contribution in [-0.2, 0) is 6.54 Å². The van der Waals surface area contributed by atoms with Crippen LogP contribution in [-0.4, -0.2) is 27.4 Å². The summed E-state index contributed by atoms with van der Waals surface area (Å²) in [6, 6.07) is 17.1. The third-order valence-electron chi connectivity index (χ3n) is 4.46. The first-order valence-corrected chi connectivity index (χ1v) is 8.73. The van der Waals surface area contributed by atoms with Crippen LogP contribution in [0.15, 0.2) is 54.6 Å². The predicted molar refractivity (Wildman–Crippen MR) is 93.7 cm³/mol. The first-order chi connectivity index (χ1) is 11.0. The van der Waals surface area contributed by atoms with Crippen molar-refractivity contribution >= 4 is 11.8 Å². The van der Waals surface area contributed by atoms with Crippen molar-refractivity contribution in [1.82, 2.24) is 4.90 Å². The van der Waals surface area contributed by atoms with Crippen LogP contribution in [0.1, 0.15) is 30.3 Å². The molecular formula is C19H22FNOS. The smallest absolute Gasteiger partial charge is 0.123 e. The number of rotatable bonds is 4. The summed E-state index contributed by atoms with van der Waals surface area (Å²) in [4.78, 5) is 2.33. The van der Waals surface area contributed by atoms with E-state index in [1.54, 1.807) is 0 Å². The van der Waals surface area contributed by atoms with Gasteiger partial charge in [-0.25, -0.2) is 4.39 Å². The molecule has 1 saturated heterocycles. The lowest BCUT2D eigenvalue weighted by molar-refractivity contribution is 0.104. The molecule has 1 aliphatic heterocycles. The minimum absolute atomic E-state index is 0.0463. The Labute approximate surface area is 141 Å². The van der Waals surface area contributed by atoms with E-state index in [1.165, 1.54) is 17.7 Å². The van der Waals surface area contributed by atoms with Crippen molar-refractivity contribution in [2.24, 2.45) is 0 Å². The fourth-order valence-electron chi connectivity index (χ4n) is 3.19. The van der Waals surface area contributed by atoms with Crippen LogP contribution in [0.2, 0.25) is 0 Å². The maximum Gasteiger partial charge on any atom is 0.123 e. The van der Waals surface area contributed by atoms with Crippen molar-refractivity contribution in [1.29, 1.82) is 0 Å². The number of halogens is 1. The summed E-state index contributed by atoms with van der Waals surface area (Å²) >= 11 is 1.88. The van der Waals surface area contributed by atoms with Crippen molar-refractivity contribution in [2.45, 2.75) is 36.6 Å². The molecule has 3 rings (SSSR count). The monoisotopic (exact) mass is 331 g/mol. The van der Waals surface area contributed by atoms with Crippen LogP contribution in [0.25, 0.3) is 0 Å². The molecule has 1 heterocycles. The number of nitrogens with zero attached hydrogens (tertiary/aromatic N) is 1. The highest BCUT2D eigenvalue weighted by atomic mass is 32.2. The van der Waals surface area contributed by atoms with Crippen molar-refractivity contribution < 1.29 is 9.50 Å². The highest BCUT2D eigenvalue weighted by Gasteiger charge is 2.47. The number of aliphatic hydroxyl groups excluding tert-OH is 1. The van der Waals surface area contributed by atoms with E-state index in [-0.39, 0.29) is 28.6 Å². The lowest BCUT2D eigenvalue weighted by atomic mass is 10.0. The molecule has 2 atom stereocenters. The average Bonchev–Trinajstić information content (AvgIpc) is 2.80. The molecule has 122 valence electrons. The molecule has 0 aliphatic carbocycles. The number of aliphatic hydroxyl groups is 1. The summed E-state index contributed by atoms with van der Waals surface area (Å²) in [6.45, 7) is 5.17. The Kier molecular flexibility index (Phi) is 4.76. The number of hydrogen-bond donors (Lipinski definition) is 1. The van der Waals surface area contributed by atoms with Gasteiger partial charge in [-0.2, -0.15) is 0 Å². The van der Waals surface area contributed by atoms with Crippen molar-refractivity contribution in [3.05, 3.63) is 71.5 Å². The molecule has 1 N–H and O–H groups in total. The summed E-state index contributed by atoms with van der Waals surface area (Å²) in [5.41, 5.74) is 2.30. The maximum atomic E-state index is 13.2. The predicted octanol–water partition coefficient (Wildman–Crippen LogP) is 4.21. The van der Waals surface area contributed by atoms with E-state index in [0.29, 0.717) is 6.54 Å². The minimum atomic E-state index is -0.219. The third-order valence-corrected chi connectivity index (χ3v) is 6.10. The molecule has 2 aromatic rings. The highest BCUT2D eigenvalue weighted by molar-refractivity contribution is 8.01. The first kappa shape index (κ1) is 16.5. The van der Waals surface area contributed by atoms with Crippen LogP contribution >= 0.6 is 11.8 Å². The molecule has 4 heteroatoms. The van der Waals surface area contributed by atoms with Gasteiger partial charge in [0.2, 0.25) is 0 Å². The van der Waals surface area contributed by atoms with Crippen LogP contribution in [0.3, 0.4) is 0 Å². The SMILES string of the molecule is CC1(C)SC(c2ccccc2)N(Cc2ccc(F)cc2)C1CO. The van der Waals surface area contributed by atoms with Crippen LogP contribution in [0.5, 0.6) is 0 Å². The van der Waals surface area contributed by atoms with Gasteiger partial charge in [0, 0.05) is 17.3 Å². The topological polar surface area (TPSA) is 23.5 Å². The first-order valence-electron chi connectivity index (χ1n) is 7.85. The fraction of sp³-hybridized carbons (Fsp3) is 0.368. The van der Waals surface area contributed by atoms with Gasteiger partial charge in [-0.15, -0.1) is 11.8 Å². The number of benzene rings is 2. The molecule has 0 spiro atoms. The maximum absolute atomic E-state index is 13.2. The normalized spacial score (nSPS) is 24.0. The lowest BCUT2D eigenvalue weighted by Crippen LogP contribution is -2.43. The molecule has 0 amide bonds. The van der Waals surface area contributed by atoms with Gasteiger partial charge in [0.05, 0.1) is 12.0 Å². The van der Waals surface area contributed by atoms with Gasteiger partial charge in [0.25, 0.3) is 0 Å². The summed E-state index contributed by atoms with van der Waals surface area (Å²) in [6.07, 6.45) is 0. The molecule has 23 heavy (non-hydrogen) atoms. The standard InChI is InChI=1S/C19H22FNOS/c1-19(2)17(13-22)21(12-14-8-10-16(20)11-9-14)18(23-19)15-6-4-3-5-7-15/h3-11,17-18,22H,12-13H2,1-2H3. The molecule has 0 radical (unpaired) electrons. The van der Waals surface area contributed by atoms with Gasteiger partial charge >= 0.3 is 0 Å². The van der Waals surface area contributed by atoms with Gasteiger partial charge in [-0.05, 0) is 37.1 Å². The van der Waals surface area contributed by atoms with Gasteiger partial charge < -0.3 is 5.11 Å². The molecule has 0 saturated carbocycles. The van der Waals surface area contributed by atoms with Crippen LogP contribution in [0.4, 0.5) is 4.39 Å². The van der Waals surface area contributed by atoms with E-state index in [2.05, 4.69) is 30.9 Å². The molecule has 2 unspecified atom stereocenters. The second kappa shape index (κ2) is 6.63. The molecule has 2 aromatic carbocycles. The van der Waals surface area contributed by atoms with Crippen molar-refractivity contribution in [3.8, 4) is 0 Å².